The van der Waals surface area contributed by atoms with Crippen LogP contribution in [-0.4, -0.2) is 49.7 Å². The van der Waals surface area contributed by atoms with Gasteiger partial charge in [-0.3, -0.25) is 4.99 Å². The van der Waals surface area contributed by atoms with E-state index in [1.807, 2.05) is 54.9 Å². The van der Waals surface area contributed by atoms with Gasteiger partial charge in [0.05, 0.1) is 25.0 Å². The first-order valence-corrected chi connectivity index (χ1v) is 8.44. The molecule has 8 nitrogen and oxygen atoms in total. The molecule has 9 heteroatoms. The number of nitrogens with one attached hydrogen (secondary N) is 2. The summed E-state index contributed by atoms with van der Waals surface area (Å²) in [5.74, 6) is 3.39. The van der Waals surface area contributed by atoms with Gasteiger partial charge in [-0.15, -0.1) is 34.2 Å². The van der Waals surface area contributed by atoms with Crippen molar-refractivity contribution in [3.8, 4) is 11.3 Å². The smallest absolute Gasteiger partial charge is 0.194 e. The van der Waals surface area contributed by atoms with Crippen LogP contribution in [0.1, 0.15) is 17.5 Å². The fraction of sp³-hybridized carbons (Fsp3) is 0.333. The van der Waals surface area contributed by atoms with Gasteiger partial charge >= 0.3 is 0 Å². The first-order valence-electron chi connectivity index (χ1n) is 8.44. The zero-order valence-electron chi connectivity index (χ0n) is 16.0. The van der Waals surface area contributed by atoms with E-state index in [-0.39, 0.29) is 24.0 Å². The summed E-state index contributed by atoms with van der Waals surface area (Å²) >= 11 is 0. The van der Waals surface area contributed by atoms with Crippen molar-refractivity contribution in [3.05, 3.63) is 54.0 Å². The normalized spacial score (nSPS) is 11.2. The molecule has 2 aromatic heterocycles. The van der Waals surface area contributed by atoms with Crippen molar-refractivity contribution >= 4 is 29.9 Å². The molecule has 2 heterocycles. The van der Waals surface area contributed by atoms with E-state index < -0.39 is 0 Å². The third-order valence-corrected chi connectivity index (χ3v) is 4.26. The van der Waals surface area contributed by atoms with Gasteiger partial charge in [0.1, 0.15) is 11.6 Å². The van der Waals surface area contributed by atoms with E-state index in [1.54, 1.807) is 7.05 Å². The Labute approximate surface area is 176 Å². The molecule has 0 aliphatic carbocycles. The van der Waals surface area contributed by atoms with Gasteiger partial charge in [-0.1, -0.05) is 30.3 Å². The van der Waals surface area contributed by atoms with E-state index in [9.17, 15) is 0 Å². The molecule has 0 aliphatic heterocycles. The van der Waals surface area contributed by atoms with Crippen LogP contribution in [0.25, 0.3) is 11.3 Å². The minimum absolute atomic E-state index is 0. The number of hydrogen-bond donors (Lipinski definition) is 2. The number of hydrogen-bond acceptors (Lipinski definition) is 4. The fourth-order valence-electron chi connectivity index (χ4n) is 2.65. The quantitative estimate of drug-likeness (QED) is 0.333. The summed E-state index contributed by atoms with van der Waals surface area (Å²) in [6.07, 6.45) is 1.86. The second-order valence-corrected chi connectivity index (χ2v) is 6.09. The van der Waals surface area contributed by atoms with Crippen LogP contribution in [0.3, 0.4) is 0 Å². The van der Waals surface area contributed by atoms with Crippen LogP contribution in [0.4, 0.5) is 0 Å². The number of aliphatic imine (C=N–C) groups is 1. The molecule has 0 spiro atoms. The van der Waals surface area contributed by atoms with Crippen LogP contribution in [0.2, 0.25) is 0 Å². The largest absolute Gasteiger partial charge is 0.349 e. The van der Waals surface area contributed by atoms with Crippen LogP contribution in [0.5, 0.6) is 0 Å². The topological polar surface area (TPSA) is 87.0 Å². The van der Waals surface area contributed by atoms with E-state index in [0.717, 1.165) is 34.7 Å². The number of halogens is 1. The fourth-order valence-corrected chi connectivity index (χ4v) is 2.65. The minimum Gasteiger partial charge on any atom is -0.349 e. The highest BCUT2D eigenvalue weighted by Crippen LogP contribution is 2.16. The van der Waals surface area contributed by atoms with Crippen molar-refractivity contribution in [2.45, 2.75) is 20.0 Å². The summed E-state index contributed by atoms with van der Waals surface area (Å²) in [6, 6.07) is 10.2. The minimum atomic E-state index is 0. The van der Waals surface area contributed by atoms with Crippen LogP contribution in [0.15, 0.2) is 41.5 Å². The van der Waals surface area contributed by atoms with Gasteiger partial charge in [0.25, 0.3) is 0 Å². The molecule has 3 aromatic rings. The second-order valence-electron chi connectivity index (χ2n) is 6.09. The van der Waals surface area contributed by atoms with E-state index in [4.69, 9.17) is 0 Å². The molecule has 2 N–H and O–H groups in total. The molecule has 0 bridgehead atoms. The predicted molar refractivity (Wildman–Crippen MR) is 117 cm³/mol. The Morgan fingerprint density at radius 3 is 2.63 bits per heavy atom. The Kier molecular flexibility index (Phi) is 7.34. The lowest BCUT2D eigenvalue weighted by Crippen LogP contribution is -2.38. The SMILES string of the molecule is CN=C(NCc1nnc(C)n1C)N(C)Cc1ncc(-c2ccccc2)[nH]1.I. The second kappa shape index (κ2) is 9.49. The number of aryl methyl sites for hydroxylation is 1. The van der Waals surface area contributed by atoms with Crippen molar-refractivity contribution < 1.29 is 0 Å². The molecular formula is C18H25IN8. The predicted octanol–water partition coefficient (Wildman–Crippen LogP) is 2.34. The zero-order chi connectivity index (χ0) is 18.5. The standard InChI is InChI=1S/C18H24N8.HI/c1-13-23-24-17(26(13)4)11-21-18(19-2)25(3)12-16-20-10-15(22-16)14-8-6-5-7-9-14;/h5-10H,11-12H2,1-4H3,(H,19,21)(H,20,22);1H. The van der Waals surface area contributed by atoms with E-state index >= 15 is 0 Å². The molecular weight excluding hydrogens is 455 g/mol. The Morgan fingerprint density at radius 1 is 1.26 bits per heavy atom. The highest BCUT2D eigenvalue weighted by molar-refractivity contribution is 14.0. The Bertz CT molecular complexity index is 884. The van der Waals surface area contributed by atoms with Gasteiger partial charge in [0.15, 0.2) is 11.8 Å². The molecule has 0 radical (unpaired) electrons. The average Bonchev–Trinajstić information content (AvgIpc) is 3.24. The van der Waals surface area contributed by atoms with Gasteiger partial charge in [0.2, 0.25) is 0 Å². The molecule has 0 fully saturated rings. The lowest BCUT2D eigenvalue weighted by Gasteiger charge is -2.20. The highest BCUT2D eigenvalue weighted by Gasteiger charge is 2.11. The number of aromatic nitrogens is 5. The van der Waals surface area contributed by atoms with Gasteiger partial charge in [-0.05, 0) is 12.5 Å². The molecule has 0 saturated carbocycles. The number of imidazole rings is 1. The molecule has 27 heavy (non-hydrogen) atoms. The summed E-state index contributed by atoms with van der Waals surface area (Å²) in [5, 5.41) is 11.5. The lowest BCUT2D eigenvalue weighted by molar-refractivity contribution is 0.462. The maximum absolute atomic E-state index is 4.48. The first kappa shape index (κ1) is 20.9. The van der Waals surface area contributed by atoms with Crippen molar-refractivity contribution in [3.63, 3.8) is 0 Å². The molecule has 144 valence electrons. The summed E-state index contributed by atoms with van der Waals surface area (Å²) < 4.78 is 1.96. The Balaban J connectivity index is 0.00000261. The van der Waals surface area contributed by atoms with Crippen LogP contribution in [-0.2, 0) is 20.1 Å². The highest BCUT2D eigenvalue weighted by atomic mass is 127. The monoisotopic (exact) mass is 480 g/mol. The molecule has 0 saturated heterocycles. The van der Waals surface area contributed by atoms with Crippen molar-refractivity contribution in [2.24, 2.45) is 12.0 Å². The van der Waals surface area contributed by atoms with E-state index in [1.165, 1.54) is 0 Å². The van der Waals surface area contributed by atoms with E-state index in [0.29, 0.717) is 13.1 Å². The number of nitrogens with zero attached hydrogens (tertiary/aromatic N) is 6. The molecule has 1 aromatic carbocycles. The third-order valence-electron chi connectivity index (χ3n) is 4.26. The van der Waals surface area contributed by atoms with Gasteiger partial charge < -0.3 is 19.8 Å². The Hall–Kier alpha value is -2.43. The maximum atomic E-state index is 4.48. The number of H-pyrrole nitrogens is 1. The van der Waals surface area contributed by atoms with Gasteiger partial charge in [-0.25, -0.2) is 4.98 Å². The van der Waals surface area contributed by atoms with E-state index in [2.05, 4.69) is 42.6 Å². The Morgan fingerprint density at radius 2 is 2.00 bits per heavy atom. The average molecular weight is 480 g/mol. The molecule has 0 atom stereocenters. The summed E-state index contributed by atoms with van der Waals surface area (Å²) in [7, 11) is 5.69. The molecule has 0 amide bonds. The number of benzene rings is 1. The number of aromatic amines is 1. The molecule has 0 unspecified atom stereocenters. The third kappa shape index (κ3) is 5.06. The zero-order valence-corrected chi connectivity index (χ0v) is 18.3. The number of rotatable bonds is 5. The molecule has 0 aliphatic rings. The van der Waals surface area contributed by atoms with Crippen molar-refractivity contribution in [1.29, 1.82) is 0 Å². The summed E-state index contributed by atoms with van der Waals surface area (Å²) in [5.41, 5.74) is 2.13. The van der Waals surface area contributed by atoms with Crippen LogP contribution in [0, 0.1) is 6.92 Å². The van der Waals surface area contributed by atoms with Crippen molar-refractivity contribution in [2.75, 3.05) is 14.1 Å². The lowest BCUT2D eigenvalue weighted by atomic mass is 10.2. The summed E-state index contributed by atoms with van der Waals surface area (Å²) in [4.78, 5) is 14.2. The maximum Gasteiger partial charge on any atom is 0.194 e. The van der Waals surface area contributed by atoms with Gasteiger partial charge in [0, 0.05) is 21.1 Å². The first-order chi connectivity index (χ1) is 12.6. The van der Waals surface area contributed by atoms with Gasteiger partial charge in [-0.2, -0.15) is 0 Å². The molecule has 3 rings (SSSR count). The number of guanidine groups is 1. The van der Waals surface area contributed by atoms with Crippen LogP contribution < -0.4 is 5.32 Å². The summed E-state index contributed by atoms with van der Waals surface area (Å²) in [6.45, 7) is 3.10. The van der Waals surface area contributed by atoms with Crippen LogP contribution >= 0.6 is 24.0 Å². The van der Waals surface area contributed by atoms with Crippen molar-refractivity contribution in [1.82, 2.24) is 34.9 Å².